The molecule has 3 saturated heterocycles. The van der Waals surface area contributed by atoms with Crippen molar-refractivity contribution in [2.45, 2.75) is 37.6 Å². The number of benzene rings is 1. The predicted octanol–water partition coefficient (Wildman–Crippen LogP) is 1.02. The van der Waals surface area contributed by atoms with Crippen LogP contribution in [0.1, 0.15) is 24.0 Å². The Hall–Kier alpha value is -1.47. The maximum Gasteiger partial charge on any atom is 0.237 e. The first-order valence-electron chi connectivity index (χ1n) is 10.1. The largest absolute Gasteiger partial charge is 0.389 e. The maximum atomic E-state index is 13.3. The zero-order valence-electron chi connectivity index (χ0n) is 15.7. The summed E-state index contributed by atoms with van der Waals surface area (Å²) in [6, 6.07) is 8.50. The number of carbonyl (C=O) groups excluding carboxylic acids is 1. The summed E-state index contributed by atoms with van der Waals surface area (Å²) in [5.41, 5.74) is 1.88. The molecule has 0 bridgehead atoms. The Balaban J connectivity index is 1.32. The van der Waals surface area contributed by atoms with Gasteiger partial charge in [-0.05, 0) is 17.5 Å². The van der Waals surface area contributed by atoms with Gasteiger partial charge < -0.3 is 19.5 Å². The first kappa shape index (κ1) is 17.6. The second-order valence-corrected chi connectivity index (χ2v) is 8.51. The van der Waals surface area contributed by atoms with E-state index in [9.17, 15) is 9.90 Å². The van der Waals surface area contributed by atoms with Gasteiger partial charge in [-0.15, -0.1) is 0 Å². The number of rotatable bonds is 2. The standard InChI is InChI=1S/C21H28N2O4/c24-20(12-22-9-15-3-1-2-4-16(15)10-22)23-11-17-13-27-8-6-21(17,25)18-14-26-7-5-19(18)23/h1-4,17-19,25H,5-14H2/t17-,18+,19-,21-/m0/s1. The molecule has 1 amide bonds. The van der Waals surface area contributed by atoms with Crippen LogP contribution < -0.4 is 0 Å². The van der Waals surface area contributed by atoms with Gasteiger partial charge in [-0.1, -0.05) is 24.3 Å². The third kappa shape index (κ3) is 2.99. The molecule has 0 aromatic heterocycles. The summed E-state index contributed by atoms with van der Waals surface area (Å²) >= 11 is 0. The van der Waals surface area contributed by atoms with Crippen LogP contribution in [0.3, 0.4) is 0 Å². The molecule has 146 valence electrons. The van der Waals surface area contributed by atoms with Crippen LogP contribution >= 0.6 is 0 Å². The molecular formula is C21H28N2O4. The fourth-order valence-electron chi connectivity index (χ4n) is 5.54. The van der Waals surface area contributed by atoms with Crippen molar-refractivity contribution in [2.24, 2.45) is 11.8 Å². The van der Waals surface area contributed by atoms with Gasteiger partial charge in [-0.25, -0.2) is 0 Å². The molecule has 27 heavy (non-hydrogen) atoms. The lowest BCUT2D eigenvalue weighted by atomic mass is 9.66. The van der Waals surface area contributed by atoms with Gasteiger partial charge in [0.1, 0.15) is 0 Å². The van der Waals surface area contributed by atoms with Gasteiger partial charge in [-0.3, -0.25) is 9.69 Å². The third-order valence-corrected chi connectivity index (χ3v) is 7.04. The van der Waals surface area contributed by atoms with Crippen molar-refractivity contribution in [2.75, 3.05) is 39.5 Å². The number of amides is 1. The zero-order valence-corrected chi connectivity index (χ0v) is 15.7. The van der Waals surface area contributed by atoms with Crippen molar-refractivity contribution in [3.63, 3.8) is 0 Å². The highest BCUT2D eigenvalue weighted by Gasteiger charge is 2.56. The number of ether oxygens (including phenoxy) is 2. The highest BCUT2D eigenvalue weighted by molar-refractivity contribution is 5.79. The smallest absolute Gasteiger partial charge is 0.237 e. The maximum absolute atomic E-state index is 13.3. The van der Waals surface area contributed by atoms with E-state index in [1.54, 1.807) is 0 Å². The molecule has 0 unspecified atom stereocenters. The Morgan fingerprint density at radius 1 is 1.15 bits per heavy atom. The summed E-state index contributed by atoms with van der Waals surface area (Å²) in [6.45, 7) is 5.03. The minimum Gasteiger partial charge on any atom is -0.389 e. The molecule has 4 aliphatic heterocycles. The van der Waals surface area contributed by atoms with E-state index in [1.807, 2.05) is 4.90 Å². The van der Waals surface area contributed by atoms with Crippen LogP contribution in [0.2, 0.25) is 0 Å². The molecule has 1 N–H and O–H groups in total. The van der Waals surface area contributed by atoms with Crippen molar-refractivity contribution >= 4 is 5.91 Å². The summed E-state index contributed by atoms with van der Waals surface area (Å²) in [5.74, 6) is 0.148. The van der Waals surface area contributed by atoms with Crippen molar-refractivity contribution in [1.82, 2.24) is 9.80 Å². The molecule has 4 aliphatic rings. The Morgan fingerprint density at radius 3 is 2.67 bits per heavy atom. The first-order chi connectivity index (χ1) is 13.1. The van der Waals surface area contributed by atoms with E-state index in [4.69, 9.17) is 9.47 Å². The number of piperidine rings is 1. The normalized spacial score (nSPS) is 36.0. The van der Waals surface area contributed by atoms with E-state index in [2.05, 4.69) is 29.2 Å². The molecule has 3 fully saturated rings. The molecule has 1 aromatic rings. The van der Waals surface area contributed by atoms with E-state index in [1.165, 1.54) is 11.1 Å². The predicted molar refractivity (Wildman–Crippen MR) is 98.9 cm³/mol. The third-order valence-electron chi connectivity index (χ3n) is 7.04. The number of carbonyl (C=O) groups is 1. The minimum absolute atomic E-state index is 0.00590. The summed E-state index contributed by atoms with van der Waals surface area (Å²) in [4.78, 5) is 17.5. The zero-order chi connectivity index (χ0) is 18.4. The van der Waals surface area contributed by atoms with Crippen LogP contribution in [0.15, 0.2) is 24.3 Å². The van der Waals surface area contributed by atoms with Crippen LogP contribution in [-0.2, 0) is 27.4 Å². The summed E-state index contributed by atoms with van der Waals surface area (Å²) in [6.07, 6.45) is 1.46. The molecule has 0 saturated carbocycles. The van der Waals surface area contributed by atoms with Crippen molar-refractivity contribution in [1.29, 1.82) is 0 Å². The minimum atomic E-state index is -0.760. The number of nitrogens with zero attached hydrogens (tertiary/aromatic N) is 2. The SMILES string of the molecule is O=C(CN1Cc2ccccc2C1)N1C[C@H]2COCC[C@@]2(O)[C@@H]2COCC[C@@H]21. The molecule has 6 nitrogen and oxygen atoms in total. The molecule has 1 aromatic carbocycles. The molecule has 0 radical (unpaired) electrons. The van der Waals surface area contributed by atoms with Gasteiger partial charge in [0.25, 0.3) is 0 Å². The average Bonchev–Trinajstić information content (AvgIpc) is 3.09. The van der Waals surface area contributed by atoms with Gasteiger partial charge >= 0.3 is 0 Å². The van der Waals surface area contributed by atoms with E-state index in [-0.39, 0.29) is 23.8 Å². The number of hydrogen-bond acceptors (Lipinski definition) is 5. The summed E-state index contributed by atoms with van der Waals surface area (Å²) < 4.78 is 11.3. The van der Waals surface area contributed by atoms with Crippen molar-refractivity contribution in [3.8, 4) is 0 Å². The second-order valence-electron chi connectivity index (χ2n) is 8.51. The Bertz CT molecular complexity index is 701. The molecule has 0 spiro atoms. The fraction of sp³-hybridized carbons (Fsp3) is 0.667. The number of fused-ring (bicyclic) bond motifs is 4. The lowest BCUT2D eigenvalue weighted by Crippen LogP contribution is -2.69. The molecule has 4 heterocycles. The molecule has 5 rings (SSSR count). The Kier molecular flexibility index (Phi) is 4.47. The van der Waals surface area contributed by atoms with E-state index < -0.39 is 5.60 Å². The highest BCUT2D eigenvalue weighted by atomic mass is 16.5. The van der Waals surface area contributed by atoms with E-state index in [0.29, 0.717) is 45.9 Å². The van der Waals surface area contributed by atoms with Gasteiger partial charge in [0.05, 0.1) is 25.4 Å². The van der Waals surface area contributed by atoms with Gasteiger partial charge in [-0.2, -0.15) is 0 Å². The fourth-order valence-corrected chi connectivity index (χ4v) is 5.54. The van der Waals surface area contributed by atoms with Crippen LogP contribution in [0.4, 0.5) is 0 Å². The average molecular weight is 372 g/mol. The Morgan fingerprint density at radius 2 is 1.89 bits per heavy atom. The number of hydrogen-bond donors (Lipinski definition) is 1. The van der Waals surface area contributed by atoms with E-state index in [0.717, 1.165) is 19.5 Å². The highest BCUT2D eigenvalue weighted by Crippen LogP contribution is 2.44. The summed E-state index contributed by atoms with van der Waals surface area (Å²) in [5, 5.41) is 11.4. The van der Waals surface area contributed by atoms with Crippen LogP contribution in [0.5, 0.6) is 0 Å². The van der Waals surface area contributed by atoms with Gasteiger partial charge in [0, 0.05) is 57.1 Å². The van der Waals surface area contributed by atoms with Crippen molar-refractivity contribution < 1.29 is 19.4 Å². The van der Waals surface area contributed by atoms with Crippen LogP contribution in [0.25, 0.3) is 0 Å². The summed E-state index contributed by atoms with van der Waals surface area (Å²) in [7, 11) is 0. The van der Waals surface area contributed by atoms with Crippen molar-refractivity contribution in [3.05, 3.63) is 35.4 Å². The molecule has 6 heteroatoms. The molecular weight excluding hydrogens is 344 g/mol. The van der Waals surface area contributed by atoms with E-state index >= 15 is 0 Å². The quantitative estimate of drug-likeness (QED) is 0.840. The second kappa shape index (κ2) is 6.85. The van der Waals surface area contributed by atoms with Crippen LogP contribution in [-0.4, -0.2) is 72.0 Å². The molecule has 4 atom stereocenters. The Labute approximate surface area is 160 Å². The lowest BCUT2D eigenvalue weighted by Gasteiger charge is -2.57. The monoisotopic (exact) mass is 372 g/mol. The molecule has 0 aliphatic carbocycles. The van der Waals surface area contributed by atoms with Gasteiger partial charge in [0.2, 0.25) is 5.91 Å². The number of aliphatic hydroxyl groups is 1. The number of likely N-dealkylation sites (tertiary alicyclic amines) is 1. The van der Waals surface area contributed by atoms with Crippen LogP contribution in [0, 0.1) is 11.8 Å². The van der Waals surface area contributed by atoms with Gasteiger partial charge in [0.15, 0.2) is 0 Å². The lowest BCUT2D eigenvalue weighted by molar-refractivity contribution is -0.219. The topological polar surface area (TPSA) is 62.2 Å². The first-order valence-corrected chi connectivity index (χ1v) is 10.1.